The Labute approximate surface area is 188 Å². The van der Waals surface area contributed by atoms with Crippen molar-refractivity contribution in [3.05, 3.63) is 81.8 Å². The van der Waals surface area contributed by atoms with Crippen molar-refractivity contribution in [3.8, 4) is 0 Å². The Balaban J connectivity index is 1.70. The molecule has 3 aromatic rings. The zero-order valence-corrected chi connectivity index (χ0v) is 18.5. The summed E-state index contributed by atoms with van der Waals surface area (Å²) >= 11 is 7.38. The van der Waals surface area contributed by atoms with Crippen LogP contribution in [0.25, 0.3) is 0 Å². The number of anilines is 1. The first-order valence-electron chi connectivity index (χ1n) is 9.71. The van der Waals surface area contributed by atoms with Gasteiger partial charge in [-0.3, -0.25) is 0 Å². The molecule has 0 spiro atoms. The molecule has 1 atom stereocenters. The van der Waals surface area contributed by atoms with Gasteiger partial charge < -0.3 is 10.1 Å². The molecule has 1 aromatic heterocycles. The van der Waals surface area contributed by atoms with E-state index in [1.54, 1.807) is 48.9 Å². The fourth-order valence-corrected chi connectivity index (χ4v) is 4.32. The fraction of sp³-hybridized carbons (Fsp3) is 0.227. The van der Waals surface area contributed by atoms with Crippen LogP contribution in [0.3, 0.4) is 0 Å². The molecule has 0 radical (unpaired) electrons. The van der Waals surface area contributed by atoms with Crippen molar-refractivity contribution in [2.45, 2.75) is 30.8 Å². The first-order chi connectivity index (χ1) is 15.0. The standard InChI is InChI=1S/C22H20ClFN4O2S/c1-3-30-20(29)18-13(2)25-21-26-22(31-12-15-6-4-5-7-17(15)24)27-28(21)19(18)14-8-10-16(23)11-9-14/h4-11,19H,3,12H2,1-2H3,(H,25,26,27). The Hall–Kier alpha value is -2.84. The average molecular weight is 459 g/mol. The van der Waals surface area contributed by atoms with Gasteiger partial charge in [0.25, 0.3) is 0 Å². The number of aromatic nitrogens is 3. The number of rotatable bonds is 6. The maximum absolute atomic E-state index is 14.0. The minimum atomic E-state index is -0.525. The van der Waals surface area contributed by atoms with Crippen molar-refractivity contribution in [1.82, 2.24) is 14.8 Å². The quantitative estimate of drug-likeness (QED) is 0.403. The number of fused-ring (bicyclic) bond motifs is 1. The van der Waals surface area contributed by atoms with E-state index in [4.69, 9.17) is 16.3 Å². The van der Waals surface area contributed by atoms with Crippen molar-refractivity contribution < 1.29 is 13.9 Å². The molecule has 2 aromatic carbocycles. The lowest BCUT2D eigenvalue weighted by Gasteiger charge is -2.28. The van der Waals surface area contributed by atoms with Crippen LogP contribution in [0.2, 0.25) is 5.02 Å². The molecule has 4 rings (SSSR count). The van der Waals surface area contributed by atoms with Gasteiger partial charge in [0.15, 0.2) is 0 Å². The van der Waals surface area contributed by atoms with E-state index in [1.807, 2.05) is 12.1 Å². The molecule has 9 heteroatoms. The molecule has 31 heavy (non-hydrogen) atoms. The molecule has 1 aliphatic rings. The summed E-state index contributed by atoms with van der Waals surface area (Å²) in [5.41, 5.74) is 2.49. The Kier molecular flexibility index (Phi) is 6.29. The van der Waals surface area contributed by atoms with Crippen LogP contribution < -0.4 is 5.32 Å². The molecule has 1 unspecified atom stereocenters. The predicted molar refractivity (Wildman–Crippen MR) is 119 cm³/mol. The molecule has 0 saturated heterocycles. The minimum Gasteiger partial charge on any atom is -0.463 e. The summed E-state index contributed by atoms with van der Waals surface area (Å²) in [6.45, 7) is 3.83. The monoisotopic (exact) mass is 458 g/mol. The normalized spacial score (nSPS) is 15.4. The highest BCUT2D eigenvalue weighted by Crippen LogP contribution is 2.37. The Morgan fingerprint density at radius 3 is 2.71 bits per heavy atom. The Bertz CT molecular complexity index is 1150. The number of ether oxygens (including phenoxy) is 1. The highest BCUT2D eigenvalue weighted by molar-refractivity contribution is 7.98. The Morgan fingerprint density at radius 2 is 2.00 bits per heavy atom. The van der Waals surface area contributed by atoms with E-state index in [0.717, 1.165) is 5.56 Å². The van der Waals surface area contributed by atoms with Crippen LogP contribution in [0.1, 0.15) is 31.0 Å². The minimum absolute atomic E-state index is 0.261. The largest absolute Gasteiger partial charge is 0.463 e. The summed E-state index contributed by atoms with van der Waals surface area (Å²) in [5, 5.41) is 8.82. The Morgan fingerprint density at radius 1 is 1.26 bits per heavy atom. The number of hydrogen-bond donors (Lipinski definition) is 1. The van der Waals surface area contributed by atoms with E-state index in [-0.39, 0.29) is 12.4 Å². The number of allylic oxidation sites excluding steroid dienone is 1. The van der Waals surface area contributed by atoms with Crippen molar-refractivity contribution in [3.63, 3.8) is 0 Å². The van der Waals surface area contributed by atoms with Crippen LogP contribution >= 0.6 is 23.4 Å². The van der Waals surface area contributed by atoms with E-state index < -0.39 is 12.0 Å². The number of thioether (sulfide) groups is 1. The third-order valence-electron chi connectivity index (χ3n) is 4.83. The van der Waals surface area contributed by atoms with Crippen LogP contribution in [0, 0.1) is 5.82 Å². The summed E-state index contributed by atoms with van der Waals surface area (Å²) in [6, 6.07) is 13.3. The van der Waals surface area contributed by atoms with Gasteiger partial charge in [0.05, 0.1) is 12.2 Å². The number of carbonyl (C=O) groups is 1. The van der Waals surface area contributed by atoms with Crippen molar-refractivity contribution in [1.29, 1.82) is 0 Å². The van der Waals surface area contributed by atoms with Gasteiger partial charge >= 0.3 is 5.97 Å². The molecule has 2 heterocycles. The number of benzene rings is 2. The van der Waals surface area contributed by atoms with Crippen LogP contribution in [-0.2, 0) is 15.3 Å². The number of halogens is 2. The molecular weight excluding hydrogens is 439 g/mol. The van der Waals surface area contributed by atoms with Crippen LogP contribution in [0.4, 0.5) is 10.3 Å². The highest BCUT2D eigenvalue weighted by atomic mass is 35.5. The van der Waals surface area contributed by atoms with Gasteiger partial charge in [-0.15, -0.1) is 5.10 Å². The van der Waals surface area contributed by atoms with Crippen molar-refractivity contribution >= 4 is 35.3 Å². The van der Waals surface area contributed by atoms with Crippen LogP contribution in [0.5, 0.6) is 0 Å². The lowest BCUT2D eigenvalue weighted by molar-refractivity contribution is -0.139. The summed E-state index contributed by atoms with van der Waals surface area (Å²) in [6.07, 6.45) is 0. The predicted octanol–water partition coefficient (Wildman–Crippen LogP) is 5.21. The first kappa shape index (κ1) is 21.4. The smallest absolute Gasteiger partial charge is 0.338 e. The van der Waals surface area contributed by atoms with E-state index in [1.165, 1.54) is 17.8 Å². The number of carbonyl (C=O) groups excluding carboxylic acids is 1. The summed E-state index contributed by atoms with van der Waals surface area (Å²) in [4.78, 5) is 17.3. The lowest BCUT2D eigenvalue weighted by atomic mass is 9.96. The van der Waals surface area contributed by atoms with Gasteiger partial charge in [0, 0.05) is 16.5 Å². The van der Waals surface area contributed by atoms with Gasteiger partial charge in [0.2, 0.25) is 11.1 Å². The number of nitrogens with one attached hydrogen (secondary N) is 1. The molecule has 6 nitrogen and oxygen atoms in total. The maximum Gasteiger partial charge on any atom is 0.338 e. The van der Waals surface area contributed by atoms with Gasteiger partial charge in [-0.2, -0.15) is 4.98 Å². The molecular formula is C22H20ClFN4O2S. The van der Waals surface area contributed by atoms with E-state index in [9.17, 15) is 9.18 Å². The summed E-state index contributed by atoms with van der Waals surface area (Å²) in [5.74, 6) is 0.202. The van der Waals surface area contributed by atoms with Gasteiger partial charge in [0.1, 0.15) is 11.9 Å². The summed E-state index contributed by atoms with van der Waals surface area (Å²) in [7, 11) is 0. The maximum atomic E-state index is 14.0. The molecule has 1 aliphatic heterocycles. The molecule has 0 saturated carbocycles. The zero-order valence-electron chi connectivity index (χ0n) is 16.9. The summed E-state index contributed by atoms with van der Waals surface area (Å²) < 4.78 is 20.9. The lowest BCUT2D eigenvalue weighted by Crippen LogP contribution is -2.29. The third-order valence-corrected chi connectivity index (χ3v) is 5.97. The third kappa shape index (κ3) is 4.45. The van der Waals surface area contributed by atoms with Gasteiger partial charge in [-0.1, -0.05) is 53.7 Å². The second-order valence-electron chi connectivity index (χ2n) is 6.88. The van der Waals surface area contributed by atoms with E-state index >= 15 is 0 Å². The topological polar surface area (TPSA) is 69.0 Å². The van der Waals surface area contributed by atoms with Gasteiger partial charge in [-0.25, -0.2) is 13.9 Å². The number of esters is 1. The highest BCUT2D eigenvalue weighted by Gasteiger charge is 2.35. The zero-order chi connectivity index (χ0) is 22.0. The molecule has 0 aliphatic carbocycles. The van der Waals surface area contributed by atoms with Crippen molar-refractivity contribution in [2.24, 2.45) is 0 Å². The number of hydrogen-bond acceptors (Lipinski definition) is 6. The van der Waals surface area contributed by atoms with E-state index in [2.05, 4.69) is 15.4 Å². The second kappa shape index (κ2) is 9.11. The molecule has 0 fully saturated rings. The molecule has 1 N–H and O–H groups in total. The van der Waals surface area contributed by atoms with Gasteiger partial charge in [-0.05, 0) is 43.2 Å². The van der Waals surface area contributed by atoms with Crippen LogP contribution in [-0.4, -0.2) is 27.3 Å². The second-order valence-corrected chi connectivity index (χ2v) is 8.26. The van der Waals surface area contributed by atoms with Crippen molar-refractivity contribution in [2.75, 3.05) is 11.9 Å². The van der Waals surface area contributed by atoms with Crippen LogP contribution in [0.15, 0.2) is 65.0 Å². The molecule has 160 valence electrons. The fourth-order valence-electron chi connectivity index (χ4n) is 3.38. The first-order valence-corrected chi connectivity index (χ1v) is 11.1. The molecule has 0 amide bonds. The van der Waals surface area contributed by atoms with E-state index in [0.29, 0.717) is 38.7 Å². The SMILES string of the molecule is CCOC(=O)C1=C(C)Nc2nc(SCc3ccccc3F)nn2C1c1ccc(Cl)cc1. The molecule has 0 bridgehead atoms. The number of nitrogens with zero attached hydrogens (tertiary/aromatic N) is 3. The average Bonchev–Trinajstić information content (AvgIpc) is 3.15.